The molecule has 1 unspecified atom stereocenters. The minimum atomic E-state index is 0.547. The average molecular weight is 363 g/mol. The summed E-state index contributed by atoms with van der Waals surface area (Å²) in [4.78, 5) is 7.19. The summed E-state index contributed by atoms with van der Waals surface area (Å²) in [5.41, 5.74) is 2.29. The molecule has 0 radical (unpaired) electrons. The van der Waals surface area contributed by atoms with Crippen LogP contribution in [0.3, 0.4) is 0 Å². The molecule has 1 aliphatic rings. The number of guanidine groups is 1. The Morgan fingerprint density at radius 3 is 2.77 bits per heavy atom. The number of aliphatic imine (C=N–C) groups is 1. The number of benzene rings is 1. The van der Waals surface area contributed by atoms with Gasteiger partial charge >= 0.3 is 0 Å². The highest BCUT2D eigenvalue weighted by molar-refractivity contribution is 5.79. The summed E-state index contributed by atoms with van der Waals surface area (Å²) in [7, 11) is 1.71. The topological polar surface area (TPSA) is 58.1 Å². The molecule has 0 saturated carbocycles. The standard InChI is InChI=1S/C20H34N4O2/c1-5-21-20(22-13-17(3)15-24-8-10-26-11-9-24)23-14-18-7-6-16(2)12-19(18)25-4/h6-7,12,17H,5,8-11,13-15H2,1-4H3,(H2,21,22,23). The first-order valence-corrected chi connectivity index (χ1v) is 9.58. The lowest BCUT2D eigenvalue weighted by Crippen LogP contribution is -2.44. The van der Waals surface area contributed by atoms with E-state index in [0.29, 0.717) is 12.5 Å². The van der Waals surface area contributed by atoms with E-state index in [2.05, 4.69) is 54.5 Å². The number of nitrogens with one attached hydrogen (secondary N) is 2. The maximum Gasteiger partial charge on any atom is 0.191 e. The molecule has 146 valence electrons. The number of aryl methyl sites for hydroxylation is 1. The Hall–Kier alpha value is -1.79. The lowest BCUT2D eigenvalue weighted by molar-refractivity contribution is 0.0320. The van der Waals surface area contributed by atoms with Crippen molar-refractivity contribution in [2.24, 2.45) is 10.9 Å². The average Bonchev–Trinajstić information content (AvgIpc) is 2.65. The number of nitrogens with zero attached hydrogens (tertiary/aromatic N) is 2. The van der Waals surface area contributed by atoms with Crippen LogP contribution in [-0.4, -0.2) is 63.9 Å². The molecule has 0 bridgehead atoms. The highest BCUT2D eigenvalue weighted by Crippen LogP contribution is 2.20. The summed E-state index contributed by atoms with van der Waals surface area (Å²) in [5, 5.41) is 6.79. The minimum Gasteiger partial charge on any atom is -0.496 e. The van der Waals surface area contributed by atoms with Crippen molar-refractivity contribution in [3.8, 4) is 5.75 Å². The van der Waals surface area contributed by atoms with Crippen LogP contribution < -0.4 is 15.4 Å². The van der Waals surface area contributed by atoms with Crippen molar-refractivity contribution in [1.29, 1.82) is 0 Å². The molecule has 1 aromatic rings. The van der Waals surface area contributed by atoms with Gasteiger partial charge in [-0.1, -0.05) is 19.1 Å². The Bertz CT molecular complexity index is 571. The van der Waals surface area contributed by atoms with Gasteiger partial charge in [-0.2, -0.15) is 0 Å². The summed E-state index contributed by atoms with van der Waals surface area (Å²) >= 11 is 0. The first kappa shape index (κ1) is 20.5. The normalized spacial score (nSPS) is 17.0. The molecule has 6 nitrogen and oxygen atoms in total. The zero-order valence-electron chi connectivity index (χ0n) is 16.7. The van der Waals surface area contributed by atoms with Crippen LogP contribution in [0.15, 0.2) is 23.2 Å². The molecule has 0 aromatic heterocycles. The minimum absolute atomic E-state index is 0.547. The third kappa shape index (κ3) is 6.84. The quantitative estimate of drug-likeness (QED) is 0.547. The summed E-state index contributed by atoms with van der Waals surface area (Å²) in [5.74, 6) is 2.29. The van der Waals surface area contributed by atoms with Crippen LogP contribution in [0.5, 0.6) is 5.75 Å². The number of hydrogen-bond donors (Lipinski definition) is 2. The van der Waals surface area contributed by atoms with Gasteiger partial charge in [0.15, 0.2) is 5.96 Å². The molecular weight excluding hydrogens is 328 g/mol. The fourth-order valence-corrected chi connectivity index (χ4v) is 3.05. The molecule has 0 aliphatic carbocycles. The molecule has 0 spiro atoms. The van der Waals surface area contributed by atoms with Crippen molar-refractivity contribution >= 4 is 5.96 Å². The van der Waals surface area contributed by atoms with E-state index in [4.69, 9.17) is 14.5 Å². The third-order valence-corrected chi connectivity index (χ3v) is 4.49. The van der Waals surface area contributed by atoms with Crippen LogP contribution in [0, 0.1) is 12.8 Å². The second-order valence-electron chi connectivity index (χ2n) is 6.91. The van der Waals surface area contributed by atoms with E-state index in [-0.39, 0.29) is 0 Å². The molecule has 1 atom stereocenters. The number of methoxy groups -OCH3 is 1. The van der Waals surface area contributed by atoms with Gasteiger partial charge in [0.2, 0.25) is 0 Å². The summed E-state index contributed by atoms with van der Waals surface area (Å²) in [6, 6.07) is 6.23. The molecule has 0 amide bonds. The summed E-state index contributed by atoms with van der Waals surface area (Å²) < 4.78 is 10.9. The highest BCUT2D eigenvalue weighted by atomic mass is 16.5. The van der Waals surface area contributed by atoms with E-state index in [1.807, 2.05) is 0 Å². The maximum atomic E-state index is 5.48. The van der Waals surface area contributed by atoms with Crippen LogP contribution in [0.2, 0.25) is 0 Å². The Morgan fingerprint density at radius 2 is 2.08 bits per heavy atom. The first-order valence-electron chi connectivity index (χ1n) is 9.58. The molecule has 2 rings (SSSR count). The fraction of sp³-hybridized carbons (Fsp3) is 0.650. The third-order valence-electron chi connectivity index (χ3n) is 4.49. The van der Waals surface area contributed by atoms with Gasteiger partial charge in [-0.3, -0.25) is 4.90 Å². The smallest absolute Gasteiger partial charge is 0.191 e. The van der Waals surface area contributed by atoms with Crippen molar-refractivity contribution in [3.05, 3.63) is 29.3 Å². The van der Waals surface area contributed by atoms with E-state index in [1.165, 1.54) is 5.56 Å². The Balaban J connectivity index is 1.87. The second kappa shape index (κ2) is 11.0. The van der Waals surface area contributed by atoms with Crippen molar-refractivity contribution in [2.45, 2.75) is 27.3 Å². The number of ether oxygens (including phenoxy) is 2. The number of rotatable bonds is 8. The van der Waals surface area contributed by atoms with E-state index in [9.17, 15) is 0 Å². The van der Waals surface area contributed by atoms with Crippen molar-refractivity contribution in [2.75, 3.05) is 53.0 Å². The monoisotopic (exact) mass is 362 g/mol. The fourth-order valence-electron chi connectivity index (χ4n) is 3.05. The van der Waals surface area contributed by atoms with Crippen LogP contribution >= 0.6 is 0 Å². The Labute approximate surface area is 158 Å². The van der Waals surface area contributed by atoms with Gasteiger partial charge in [-0.15, -0.1) is 0 Å². The molecule has 6 heteroatoms. The zero-order valence-corrected chi connectivity index (χ0v) is 16.7. The van der Waals surface area contributed by atoms with E-state index in [1.54, 1.807) is 7.11 Å². The second-order valence-corrected chi connectivity index (χ2v) is 6.91. The largest absolute Gasteiger partial charge is 0.496 e. The molecule has 1 aliphatic heterocycles. The molecule has 1 aromatic carbocycles. The summed E-state index contributed by atoms with van der Waals surface area (Å²) in [6.07, 6.45) is 0. The van der Waals surface area contributed by atoms with E-state index >= 15 is 0 Å². The van der Waals surface area contributed by atoms with Gasteiger partial charge in [0.05, 0.1) is 26.9 Å². The molecule has 1 fully saturated rings. The number of morpholine rings is 1. The highest BCUT2D eigenvalue weighted by Gasteiger charge is 2.14. The SMILES string of the molecule is CCNC(=NCc1ccc(C)cc1OC)NCC(C)CN1CCOCC1. The van der Waals surface area contributed by atoms with Crippen LogP contribution in [-0.2, 0) is 11.3 Å². The van der Waals surface area contributed by atoms with Gasteiger partial charge in [0, 0.05) is 38.3 Å². The first-order chi connectivity index (χ1) is 12.6. The Kier molecular flexibility index (Phi) is 8.71. The van der Waals surface area contributed by atoms with E-state index < -0.39 is 0 Å². The van der Waals surface area contributed by atoms with Gasteiger partial charge in [-0.05, 0) is 31.4 Å². The molecule has 1 saturated heterocycles. The Morgan fingerprint density at radius 1 is 1.31 bits per heavy atom. The van der Waals surface area contributed by atoms with Crippen LogP contribution in [0.4, 0.5) is 0 Å². The summed E-state index contributed by atoms with van der Waals surface area (Å²) in [6.45, 7) is 13.6. The van der Waals surface area contributed by atoms with Crippen LogP contribution in [0.25, 0.3) is 0 Å². The molecular formula is C20H34N4O2. The lowest BCUT2D eigenvalue weighted by atomic mass is 10.1. The van der Waals surface area contributed by atoms with Crippen LogP contribution in [0.1, 0.15) is 25.0 Å². The zero-order chi connectivity index (χ0) is 18.8. The van der Waals surface area contributed by atoms with Gasteiger partial charge in [0.1, 0.15) is 5.75 Å². The lowest BCUT2D eigenvalue weighted by Gasteiger charge is -2.29. The molecule has 2 N–H and O–H groups in total. The van der Waals surface area contributed by atoms with E-state index in [0.717, 1.165) is 63.2 Å². The molecule has 1 heterocycles. The maximum absolute atomic E-state index is 5.48. The van der Waals surface area contributed by atoms with Crippen molar-refractivity contribution in [3.63, 3.8) is 0 Å². The van der Waals surface area contributed by atoms with Crippen molar-refractivity contribution in [1.82, 2.24) is 15.5 Å². The van der Waals surface area contributed by atoms with Gasteiger partial charge < -0.3 is 20.1 Å². The predicted molar refractivity (Wildman–Crippen MR) is 107 cm³/mol. The van der Waals surface area contributed by atoms with Gasteiger partial charge in [0.25, 0.3) is 0 Å². The predicted octanol–water partition coefficient (Wildman–Crippen LogP) is 2.03. The molecule has 26 heavy (non-hydrogen) atoms. The van der Waals surface area contributed by atoms with Gasteiger partial charge in [-0.25, -0.2) is 4.99 Å². The van der Waals surface area contributed by atoms with Crippen molar-refractivity contribution < 1.29 is 9.47 Å². The number of hydrogen-bond acceptors (Lipinski definition) is 4.